The first-order valence-electron chi connectivity index (χ1n) is 6.29. The molecule has 23 heavy (non-hydrogen) atoms. The van der Waals surface area contributed by atoms with Crippen LogP contribution in [0.5, 0.6) is 0 Å². The molecule has 0 amide bonds. The molecule has 0 saturated carbocycles. The highest BCUT2D eigenvalue weighted by molar-refractivity contribution is 7.95. The maximum Gasteiger partial charge on any atom is 0.185 e. The number of rotatable bonds is 3. The molecule has 0 aliphatic carbocycles. The molecule has 0 fully saturated rings. The summed E-state index contributed by atoms with van der Waals surface area (Å²) in [6, 6.07) is 10.7. The first kappa shape index (κ1) is 17.5. The van der Waals surface area contributed by atoms with Crippen LogP contribution in [0.15, 0.2) is 41.3 Å². The van der Waals surface area contributed by atoms with Gasteiger partial charge in [0, 0.05) is 11.8 Å². The Bertz CT molecular complexity index is 947. The number of sulfone groups is 1. The summed E-state index contributed by atoms with van der Waals surface area (Å²) in [5, 5.41) is 9.65. The van der Waals surface area contributed by atoms with Crippen LogP contribution >= 0.6 is 23.2 Å². The van der Waals surface area contributed by atoms with Crippen molar-refractivity contribution in [2.24, 2.45) is 0 Å². The zero-order chi connectivity index (χ0) is 17.2. The lowest BCUT2D eigenvalue weighted by molar-refractivity contribution is 0.609. The van der Waals surface area contributed by atoms with Gasteiger partial charge < -0.3 is 0 Å². The van der Waals surface area contributed by atoms with Gasteiger partial charge in [0.2, 0.25) is 0 Å². The molecule has 0 heterocycles. The number of nitriles is 1. The summed E-state index contributed by atoms with van der Waals surface area (Å²) in [5.41, 5.74) is 1.30. The number of hydrogen-bond acceptors (Lipinski definition) is 3. The largest absolute Gasteiger partial charge is 0.223 e. The molecule has 7 heteroatoms. The Morgan fingerprint density at radius 1 is 1.13 bits per heavy atom. The maximum atomic E-state index is 13.9. The van der Waals surface area contributed by atoms with E-state index in [1.807, 2.05) is 0 Å². The monoisotopic (exact) mass is 369 g/mol. The van der Waals surface area contributed by atoms with Crippen LogP contribution in [0.1, 0.15) is 5.56 Å². The van der Waals surface area contributed by atoms with E-state index in [1.54, 1.807) is 24.3 Å². The molecule has 0 saturated heterocycles. The van der Waals surface area contributed by atoms with E-state index in [1.165, 1.54) is 18.2 Å². The predicted molar refractivity (Wildman–Crippen MR) is 90.3 cm³/mol. The van der Waals surface area contributed by atoms with Gasteiger partial charge in [0.05, 0.1) is 10.0 Å². The molecule has 0 bridgehead atoms. The molecule has 0 aromatic heterocycles. The van der Waals surface area contributed by atoms with Crippen LogP contribution in [0.25, 0.3) is 17.2 Å². The van der Waals surface area contributed by atoms with Crippen LogP contribution in [0.3, 0.4) is 0 Å². The van der Waals surface area contributed by atoms with Crippen LogP contribution < -0.4 is 0 Å². The second kappa shape index (κ2) is 6.71. The molecule has 0 spiro atoms. The molecule has 0 radical (unpaired) electrons. The minimum atomic E-state index is -3.72. The number of nitrogens with zero attached hydrogens (tertiary/aromatic N) is 1. The highest BCUT2D eigenvalue weighted by Gasteiger charge is 2.13. The van der Waals surface area contributed by atoms with Gasteiger partial charge in [0.25, 0.3) is 0 Å². The van der Waals surface area contributed by atoms with Gasteiger partial charge in [-0.1, -0.05) is 35.3 Å². The molecule has 2 aromatic rings. The van der Waals surface area contributed by atoms with Gasteiger partial charge in [0.1, 0.15) is 16.8 Å². The fourth-order valence-electron chi connectivity index (χ4n) is 1.87. The van der Waals surface area contributed by atoms with Crippen LogP contribution in [0.2, 0.25) is 10.0 Å². The zero-order valence-corrected chi connectivity index (χ0v) is 14.2. The Morgan fingerprint density at radius 3 is 2.30 bits per heavy atom. The first-order valence-corrected chi connectivity index (χ1v) is 8.94. The van der Waals surface area contributed by atoms with Crippen molar-refractivity contribution >= 4 is 39.1 Å². The second-order valence-electron chi connectivity index (χ2n) is 4.76. The third kappa shape index (κ3) is 4.11. The van der Waals surface area contributed by atoms with Crippen molar-refractivity contribution in [2.45, 2.75) is 0 Å². The summed E-state index contributed by atoms with van der Waals surface area (Å²) in [7, 11) is -3.72. The van der Waals surface area contributed by atoms with Crippen LogP contribution in [0, 0.1) is 17.1 Å². The summed E-state index contributed by atoms with van der Waals surface area (Å²) in [4.78, 5) is -0.511. The quantitative estimate of drug-likeness (QED) is 0.736. The average Bonchev–Trinajstić information content (AvgIpc) is 2.48. The molecule has 0 aliphatic heterocycles. The van der Waals surface area contributed by atoms with Crippen molar-refractivity contribution in [1.82, 2.24) is 0 Å². The van der Waals surface area contributed by atoms with Crippen molar-refractivity contribution in [1.29, 1.82) is 5.26 Å². The average molecular weight is 370 g/mol. The van der Waals surface area contributed by atoms with Gasteiger partial charge in [-0.2, -0.15) is 5.26 Å². The Morgan fingerprint density at radius 2 is 1.74 bits per heavy atom. The van der Waals surface area contributed by atoms with Gasteiger partial charge in [-0.25, -0.2) is 12.8 Å². The number of allylic oxidation sites excluding steroid dienone is 1. The van der Waals surface area contributed by atoms with Gasteiger partial charge >= 0.3 is 0 Å². The molecule has 0 atom stereocenters. The first-order chi connectivity index (χ1) is 10.7. The fourth-order valence-corrected chi connectivity index (χ4v) is 2.68. The van der Waals surface area contributed by atoms with Crippen LogP contribution in [-0.2, 0) is 9.84 Å². The molecule has 0 N–H and O–H groups in total. The fraction of sp³-hybridized carbons (Fsp3) is 0.0625. The van der Waals surface area contributed by atoms with Crippen molar-refractivity contribution in [3.8, 4) is 17.2 Å². The van der Waals surface area contributed by atoms with E-state index in [2.05, 4.69) is 0 Å². The standard InChI is InChI=1S/C16H10Cl2FNO2S/c1-23(21,22)13(9-20)7-12-6-10(3-5-16(12)19)11-2-4-14(17)15(18)8-11/h2-8H,1H3/b13-7+. The molecular formula is C16H10Cl2FNO2S. The summed E-state index contributed by atoms with van der Waals surface area (Å²) in [6.07, 6.45) is 1.90. The summed E-state index contributed by atoms with van der Waals surface area (Å²) < 4.78 is 36.9. The summed E-state index contributed by atoms with van der Waals surface area (Å²) >= 11 is 11.8. The Balaban J connectivity index is 2.58. The van der Waals surface area contributed by atoms with E-state index >= 15 is 0 Å². The van der Waals surface area contributed by atoms with Crippen molar-refractivity contribution < 1.29 is 12.8 Å². The normalized spacial score (nSPS) is 12.0. The van der Waals surface area contributed by atoms with E-state index in [4.69, 9.17) is 28.5 Å². The number of benzene rings is 2. The molecule has 2 aromatic carbocycles. The highest BCUT2D eigenvalue weighted by atomic mass is 35.5. The van der Waals surface area contributed by atoms with Crippen molar-refractivity contribution in [3.05, 3.63) is 62.7 Å². The van der Waals surface area contributed by atoms with Crippen LogP contribution in [-0.4, -0.2) is 14.7 Å². The van der Waals surface area contributed by atoms with E-state index in [0.717, 1.165) is 12.3 Å². The second-order valence-corrected chi connectivity index (χ2v) is 7.56. The molecule has 3 nitrogen and oxygen atoms in total. The van der Waals surface area contributed by atoms with Crippen molar-refractivity contribution in [3.63, 3.8) is 0 Å². The maximum absolute atomic E-state index is 13.9. The molecule has 0 unspecified atom stereocenters. The molecular weight excluding hydrogens is 360 g/mol. The van der Waals surface area contributed by atoms with Crippen LogP contribution in [0.4, 0.5) is 4.39 Å². The molecule has 0 aliphatic rings. The van der Waals surface area contributed by atoms with E-state index < -0.39 is 20.6 Å². The van der Waals surface area contributed by atoms with E-state index in [-0.39, 0.29) is 5.56 Å². The van der Waals surface area contributed by atoms with E-state index in [0.29, 0.717) is 21.2 Å². The highest BCUT2D eigenvalue weighted by Crippen LogP contribution is 2.30. The van der Waals surface area contributed by atoms with Gasteiger partial charge in [-0.3, -0.25) is 0 Å². The Labute approximate surface area is 143 Å². The lowest BCUT2D eigenvalue weighted by atomic mass is 10.0. The van der Waals surface area contributed by atoms with Crippen molar-refractivity contribution in [2.75, 3.05) is 6.26 Å². The Hall–Kier alpha value is -1.87. The minimum absolute atomic E-state index is 0.00412. The predicted octanol–water partition coefficient (Wildman–Crippen LogP) is 4.71. The van der Waals surface area contributed by atoms with E-state index in [9.17, 15) is 12.8 Å². The lowest BCUT2D eigenvalue weighted by Crippen LogP contribution is -1.99. The van der Waals surface area contributed by atoms with Gasteiger partial charge in [-0.15, -0.1) is 0 Å². The smallest absolute Gasteiger partial charge is 0.185 e. The zero-order valence-electron chi connectivity index (χ0n) is 11.8. The Kier molecular flexibility index (Phi) is 5.10. The topological polar surface area (TPSA) is 57.9 Å². The SMILES string of the molecule is CS(=O)(=O)/C(C#N)=C/c1cc(-c2ccc(Cl)c(Cl)c2)ccc1F. The number of hydrogen-bond donors (Lipinski definition) is 0. The molecule has 2 rings (SSSR count). The molecule has 118 valence electrons. The third-order valence-corrected chi connectivity index (χ3v) is 4.79. The number of halogens is 3. The van der Waals surface area contributed by atoms with Gasteiger partial charge in [0.15, 0.2) is 9.84 Å². The third-order valence-electron chi connectivity index (χ3n) is 3.05. The van der Waals surface area contributed by atoms with Gasteiger partial charge in [-0.05, 0) is 41.5 Å². The lowest BCUT2D eigenvalue weighted by Gasteiger charge is -2.06. The summed E-state index contributed by atoms with van der Waals surface area (Å²) in [5.74, 6) is -0.634. The summed E-state index contributed by atoms with van der Waals surface area (Å²) in [6.45, 7) is 0. The minimum Gasteiger partial charge on any atom is -0.223 e.